The summed E-state index contributed by atoms with van der Waals surface area (Å²) < 4.78 is 5.02. The van der Waals surface area contributed by atoms with Gasteiger partial charge in [0.1, 0.15) is 0 Å². The van der Waals surface area contributed by atoms with Gasteiger partial charge in [-0.1, -0.05) is 12.1 Å². The fourth-order valence-corrected chi connectivity index (χ4v) is 2.38. The molecular formula is C18H27N3O3. The van der Waals surface area contributed by atoms with Gasteiger partial charge in [-0.05, 0) is 38.4 Å². The number of methoxy groups -OCH3 is 1. The molecule has 0 aliphatic heterocycles. The van der Waals surface area contributed by atoms with E-state index in [9.17, 15) is 9.59 Å². The largest absolute Gasteiger partial charge is 0.385 e. The predicted molar refractivity (Wildman–Crippen MR) is 94.2 cm³/mol. The van der Waals surface area contributed by atoms with Crippen molar-refractivity contribution in [2.45, 2.75) is 31.7 Å². The molecule has 1 aliphatic rings. The van der Waals surface area contributed by atoms with Crippen LogP contribution in [0.5, 0.6) is 0 Å². The lowest BCUT2D eigenvalue weighted by atomic mass is 10.1. The second-order valence-corrected chi connectivity index (χ2v) is 6.24. The first-order valence-electron chi connectivity index (χ1n) is 8.47. The Labute approximate surface area is 143 Å². The lowest BCUT2D eigenvalue weighted by Crippen LogP contribution is -2.28. The molecule has 2 N–H and O–H groups in total. The van der Waals surface area contributed by atoms with Crippen molar-refractivity contribution in [1.29, 1.82) is 0 Å². The highest BCUT2D eigenvalue weighted by Crippen LogP contribution is 2.21. The minimum absolute atomic E-state index is 0.0831. The van der Waals surface area contributed by atoms with Crippen LogP contribution in [0.15, 0.2) is 24.3 Å². The monoisotopic (exact) mass is 333 g/mol. The molecule has 1 saturated carbocycles. The number of nitrogens with one attached hydrogen (secondary N) is 2. The standard InChI is InChI=1S/C18H27N3O3/c1-21(11-5-13-24-2)12-10-17(22)20-16-7-4-3-6-15(16)18(23)19-14-8-9-14/h3-4,6-7,14H,5,8-13H2,1-2H3,(H,19,23)(H,20,22). The summed E-state index contributed by atoms with van der Waals surface area (Å²) in [4.78, 5) is 26.5. The quantitative estimate of drug-likeness (QED) is 0.641. The Morgan fingerprint density at radius 3 is 2.71 bits per heavy atom. The number of hydrogen-bond acceptors (Lipinski definition) is 4. The zero-order chi connectivity index (χ0) is 17.4. The molecule has 0 spiro atoms. The SMILES string of the molecule is COCCCN(C)CCC(=O)Nc1ccccc1C(=O)NC1CC1. The Morgan fingerprint density at radius 1 is 1.25 bits per heavy atom. The second kappa shape index (κ2) is 9.39. The second-order valence-electron chi connectivity index (χ2n) is 6.24. The molecule has 24 heavy (non-hydrogen) atoms. The third kappa shape index (κ3) is 6.29. The number of anilines is 1. The molecule has 132 valence electrons. The number of para-hydroxylation sites is 1. The predicted octanol–water partition coefficient (Wildman–Crippen LogP) is 1.88. The normalized spacial score (nSPS) is 13.8. The molecule has 6 heteroatoms. The lowest BCUT2D eigenvalue weighted by molar-refractivity contribution is -0.116. The van der Waals surface area contributed by atoms with Crippen LogP contribution < -0.4 is 10.6 Å². The molecule has 1 fully saturated rings. The van der Waals surface area contributed by atoms with E-state index in [4.69, 9.17) is 4.74 Å². The summed E-state index contributed by atoms with van der Waals surface area (Å²) in [5, 5.41) is 5.81. The van der Waals surface area contributed by atoms with Gasteiger partial charge >= 0.3 is 0 Å². The van der Waals surface area contributed by atoms with Crippen LogP contribution in [0.3, 0.4) is 0 Å². The molecule has 1 aliphatic carbocycles. The molecule has 2 amide bonds. The number of benzene rings is 1. The molecule has 0 radical (unpaired) electrons. The van der Waals surface area contributed by atoms with Crippen molar-refractivity contribution >= 4 is 17.5 Å². The highest BCUT2D eigenvalue weighted by atomic mass is 16.5. The Hall–Kier alpha value is -1.92. The molecule has 0 aromatic heterocycles. The average Bonchev–Trinajstić information content (AvgIpc) is 3.37. The third-order valence-electron chi connectivity index (χ3n) is 3.97. The van der Waals surface area contributed by atoms with Gasteiger partial charge in [0.05, 0.1) is 11.3 Å². The minimum atomic E-state index is -0.120. The highest BCUT2D eigenvalue weighted by molar-refractivity contribution is 6.03. The zero-order valence-electron chi connectivity index (χ0n) is 14.5. The molecule has 1 aromatic rings. The van der Waals surface area contributed by atoms with Gasteiger partial charge in [-0.3, -0.25) is 9.59 Å². The highest BCUT2D eigenvalue weighted by Gasteiger charge is 2.24. The maximum Gasteiger partial charge on any atom is 0.253 e. The maximum atomic E-state index is 12.2. The van der Waals surface area contributed by atoms with Gasteiger partial charge in [-0.2, -0.15) is 0 Å². The summed E-state index contributed by atoms with van der Waals surface area (Å²) in [6.45, 7) is 2.29. The Morgan fingerprint density at radius 2 is 2.00 bits per heavy atom. The van der Waals surface area contributed by atoms with Crippen molar-refractivity contribution in [3.8, 4) is 0 Å². The molecule has 0 unspecified atom stereocenters. The molecule has 2 rings (SSSR count). The van der Waals surface area contributed by atoms with E-state index in [1.807, 2.05) is 13.1 Å². The molecule has 6 nitrogen and oxygen atoms in total. The number of carbonyl (C=O) groups is 2. The lowest BCUT2D eigenvalue weighted by Gasteiger charge is -2.16. The van der Waals surface area contributed by atoms with Crippen molar-refractivity contribution < 1.29 is 14.3 Å². The van der Waals surface area contributed by atoms with Crippen LogP contribution in [0.25, 0.3) is 0 Å². The zero-order valence-corrected chi connectivity index (χ0v) is 14.5. The van der Waals surface area contributed by atoms with Crippen molar-refractivity contribution in [1.82, 2.24) is 10.2 Å². The first kappa shape index (κ1) is 18.4. The van der Waals surface area contributed by atoms with Gasteiger partial charge in [-0.15, -0.1) is 0 Å². The summed E-state index contributed by atoms with van der Waals surface area (Å²) in [6.07, 6.45) is 3.41. The molecular weight excluding hydrogens is 306 g/mol. The molecule has 1 aromatic carbocycles. The van der Waals surface area contributed by atoms with E-state index in [0.717, 1.165) is 32.4 Å². The first-order chi connectivity index (χ1) is 11.6. The van der Waals surface area contributed by atoms with Crippen LogP contribution in [0, 0.1) is 0 Å². The van der Waals surface area contributed by atoms with Crippen molar-refractivity contribution in [3.05, 3.63) is 29.8 Å². The van der Waals surface area contributed by atoms with E-state index in [2.05, 4.69) is 15.5 Å². The Bertz CT molecular complexity index is 558. The first-order valence-corrected chi connectivity index (χ1v) is 8.47. The van der Waals surface area contributed by atoms with Gasteiger partial charge in [0.2, 0.25) is 5.91 Å². The van der Waals surface area contributed by atoms with E-state index in [0.29, 0.717) is 30.3 Å². The van der Waals surface area contributed by atoms with Crippen molar-refractivity contribution in [3.63, 3.8) is 0 Å². The van der Waals surface area contributed by atoms with Gasteiger partial charge in [0.15, 0.2) is 0 Å². The smallest absolute Gasteiger partial charge is 0.253 e. The number of nitrogens with zero attached hydrogens (tertiary/aromatic N) is 1. The van der Waals surface area contributed by atoms with Crippen LogP contribution in [-0.2, 0) is 9.53 Å². The van der Waals surface area contributed by atoms with E-state index < -0.39 is 0 Å². The van der Waals surface area contributed by atoms with E-state index in [1.54, 1.807) is 25.3 Å². The fourth-order valence-electron chi connectivity index (χ4n) is 2.38. The van der Waals surface area contributed by atoms with Gasteiger partial charge in [0, 0.05) is 39.3 Å². The van der Waals surface area contributed by atoms with Crippen molar-refractivity contribution in [2.24, 2.45) is 0 Å². The van der Waals surface area contributed by atoms with Gasteiger partial charge in [0.25, 0.3) is 5.91 Å². The van der Waals surface area contributed by atoms with E-state index >= 15 is 0 Å². The van der Waals surface area contributed by atoms with E-state index in [1.165, 1.54) is 0 Å². The number of carbonyl (C=O) groups excluding carboxylic acids is 2. The van der Waals surface area contributed by atoms with Crippen LogP contribution in [-0.4, -0.2) is 56.6 Å². The summed E-state index contributed by atoms with van der Waals surface area (Å²) in [5.74, 6) is -0.203. The molecule has 0 bridgehead atoms. The van der Waals surface area contributed by atoms with Gasteiger partial charge in [-0.25, -0.2) is 0 Å². The molecule has 0 atom stereocenters. The average molecular weight is 333 g/mol. The van der Waals surface area contributed by atoms with Gasteiger partial charge < -0.3 is 20.3 Å². The fraction of sp³-hybridized carbons (Fsp3) is 0.556. The summed E-state index contributed by atoms with van der Waals surface area (Å²) in [6, 6.07) is 7.43. The molecule has 0 saturated heterocycles. The number of rotatable bonds is 10. The number of hydrogen-bond donors (Lipinski definition) is 2. The van der Waals surface area contributed by atoms with Crippen LogP contribution in [0.4, 0.5) is 5.69 Å². The van der Waals surface area contributed by atoms with Crippen LogP contribution in [0.2, 0.25) is 0 Å². The molecule has 0 heterocycles. The van der Waals surface area contributed by atoms with E-state index in [-0.39, 0.29) is 11.8 Å². The summed E-state index contributed by atoms with van der Waals surface area (Å²) in [7, 11) is 3.67. The summed E-state index contributed by atoms with van der Waals surface area (Å²) in [5.41, 5.74) is 1.09. The van der Waals surface area contributed by atoms with Crippen LogP contribution >= 0.6 is 0 Å². The minimum Gasteiger partial charge on any atom is -0.385 e. The Balaban J connectivity index is 1.81. The third-order valence-corrected chi connectivity index (χ3v) is 3.97. The van der Waals surface area contributed by atoms with Crippen molar-refractivity contribution in [2.75, 3.05) is 39.2 Å². The number of amides is 2. The maximum absolute atomic E-state index is 12.2. The van der Waals surface area contributed by atoms with Crippen LogP contribution in [0.1, 0.15) is 36.0 Å². The topological polar surface area (TPSA) is 70.7 Å². The number of ether oxygens (including phenoxy) is 1. The summed E-state index contributed by atoms with van der Waals surface area (Å²) >= 11 is 0. The Kier molecular flexibility index (Phi) is 7.21.